The lowest BCUT2D eigenvalue weighted by molar-refractivity contribution is 0.144. The summed E-state index contributed by atoms with van der Waals surface area (Å²) in [5.41, 5.74) is 1.26. The number of aryl methyl sites for hydroxylation is 1. The number of rotatable bonds is 7. The van der Waals surface area contributed by atoms with Crippen LogP contribution in [0, 0.1) is 0 Å². The molecule has 0 saturated carbocycles. The molecule has 0 aliphatic heterocycles. The standard InChI is InChI=1S/C15H17F2N7/c1-23-9-11(14(20-23)15(16)17)10-24(12-5-3-2-4-6-12)8-7-13-18-21-22-19-13/h2-6,9,15H,7-8,10H2,1H3,(H,18,19,21,22). The number of tetrazole rings is 1. The van der Waals surface area contributed by atoms with Crippen molar-refractivity contribution in [3.63, 3.8) is 0 Å². The van der Waals surface area contributed by atoms with E-state index in [0.29, 0.717) is 30.9 Å². The van der Waals surface area contributed by atoms with Crippen molar-refractivity contribution in [3.05, 3.63) is 53.6 Å². The van der Waals surface area contributed by atoms with Gasteiger partial charge in [-0.25, -0.2) is 8.78 Å². The number of anilines is 1. The quantitative estimate of drug-likeness (QED) is 0.717. The van der Waals surface area contributed by atoms with E-state index in [1.807, 2.05) is 35.2 Å². The molecule has 2 heterocycles. The van der Waals surface area contributed by atoms with Crippen molar-refractivity contribution >= 4 is 5.69 Å². The Labute approximate surface area is 137 Å². The van der Waals surface area contributed by atoms with Crippen LogP contribution in [0.1, 0.15) is 23.5 Å². The van der Waals surface area contributed by atoms with Crippen LogP contribution in [0.4, 0.5) is 14.5 Å². The van der Waals surface area contributed by atoms with Crippen LogP contribution in [0.3, 0.4) is 0 Å². The minimum absolute atomic E-state index is 0.182. The van der Waals surface area contributed by atoms with E-state index in [9.17, 15) is 8.78 Å². The summed E-state index contributed by atoms with van der Waals surface area (Å²) in [7, 11) is 1.64. The van der Waals surface area contributed by atoms with Crippen LogP contribution in [0.25, 0.3) is 0 Å². The van der Waals surface area contributed by atoms with Gasteiger partial charge in [0, 0.05) is 44.0 Å². The van der Waals surface area contributed by atoms with Crippen molar-refractivity contribution in [1.82, 2.24) is 30.4 Å². The molecule has 9 heteroatoms. The molecule has 0 amide bonds. The molecule has 1 N–H and O–H groups in total. The molecule has 3 rings (SSSR count). The van der Waals surface area contributed by atoms with E-state index < -0.39 is 6.43 Å². The van der Waals surface area contributed by atoms with Crippen LogP contribution in [0.15, 0.2) is 36.5 Å². The van der Waals surface area contributed by atoms with E-state index in [4.69, 9.17) is 0 Å². The summed E-state index contributed by atoms with van der Waals surface area (Å²) in [4.78, 5) is 2.00. The maximum Gasteiger partial charge on any atom is 0.282 e. The molecule has 2 aromatic heterocycles. The van der Waals surface area contributed by atoms with E-state index in [1.165, 1.54) is 4.68 Å². The highest BCUT2D eigenvalue weighted by Gasteiger charge is 2.20. The number of H-pyrrole nitrogens is 1. The molecule has 0 saturated heterocycles. The molecule has 0 spiro atoms. The number of halogens is 2. The lowest BCUT2D eigenvalue weighted by Crippen LogP contribution is -2.26. The number of aromatic nitrogens is 6. The summed E-state index contributed by atoms with van der Waals surface area (Å²) in [5.74, 6) is 0.580. The minimum atomic E-state index is -2.60. The monoisotopic (exact) mass is 333 g/mol. The average molecular weight is 333 g/mol. The van der Waals surface area contributed by atoms with Gasteiger partial charge in [0.2, 0.25) is 0 Å². The van der Waals surface area contributed by atoms with Gasteiger partial charge < -0.3 is 4.90 Å². The molecule has 0 radical (unpaired) electrons. The number of hydrogen-bond donors (Lipinski definition) is 1. The first-order valence-electron chi connectivity index (χ1n) is 7.46. The molecule has 0 atom stereocenters. The lowest BCUT2D eigenvalue weighted by atomic mass is 10.2. The van der Waals surface area contributed by atoms with Crippen LogP contribution in [-0.4, -0.2) is 36.9 Å². The summed E-state index contributed by atoms with van der Waals surface area (Å²) in [6, 6.07) is 9.61. The van der Waals surface area contributed by atoms with Gasteiger partial charge >= 0.3 is 0 Å². The van der Waals surface area contributed by atoms with E-state index in [-0.39, 0.29) is 5.69 Å². The Bertz CT molecular complexity index is 755. The highest BCUT2D eigenvalue weighted by atomic mass is 19.3. The van der Waals surface area contributed by atoms with Crippen LogP contribution >= 0.6 is 0 Å². The predicted molar refractivity (Wildman–Crippen MR) is 83.5 cm³/mol. The number of nitrogens with zero attached hydrogens (tertiary/aromatic N) is 6. The van der Waals surface area contributed by atoms with E-state index in [2.05, 4.69) is 25.7 Å². The highest BCUT2D eigenvalue weighted by Crippen LogP contribution is 2.24. The molecule has 0 fully saturated rings. The molecule has 0 aliphatic carbocycles. The summed E-state index contributed by atoms with van der Waals surface area (Å²) in [5, 5.41) is 17.7. The number of benzene rings is 1. The molecule has 3 aromatic rings. The first-order valence-corrected chi connectivity index (χ1v) is 7.46. The Kier molecular flexibility index (Phi) is 4.78. The third-order valence-corrected chi connectivity index (χ3v) is 3.62. The van der Waals surface area contributed by atoms with Gasteiger partial charge in [0.1, 0.15) is 5.69 Å². The van der Waals surface area contributed by atoms with Crippen LogP contribution in [0.2, 0.25) is 0 Å². The van der Waals surface area contributed by atoms with Gasteiger partial charge in [0.15, 0.2) is 5.82 Å². The SMILES string of the molecule is Cn1cc(CN(CCc2nn[nH]n2)c2ccccc2)c(C(F)F)n1. The van der Waals surface area contributed by atoms with Gasteiger partial charge in [-0.15, -0.1) is 10.2 Å². The van der Waals surface area contributed by atoms with Gasteiger partial charge in [-0.1, -0.05) is 23.4 Å². The summed E-state index contributed by atoms with van der Waals surface area (Å²) >= 11 is 0. The average Bonchev–Trinajstić information content (AvgIpc) is 3.21. The second-order valence-electron chi connectivity index (χ2n) is 5.35. The van der Waals surface area contributed by atoms with Gasteiger partial charge in [0.25, 0.3) is 6.43 Å². The van der Waals surface area contributed by atoms with Gasteiger partial charge in [-0.3, -0.25) is 4.68 Å². The smallest absolute Gasteiger partial charge is 0.282 e. The molecule has 0 aliphatic rings. The van der Waals surface area contributed by atoms with Crippen molar-refractivity contribution in [1.29, 1.82) is 0 Å². The molecule has 0 unspecified atom stereocenters. The van der Waals surface area contributed by atoms with Crippen LogP contribution in [-0.2, 0) is 20.0 Å². The van der Waals surface area contributed by atoms with E-state index in [0.717, 1.165) is 5.69 Å². The molecular formula is C15H17F2N7. The largest absolute Gasteiger partial charge is 0.367 e. The maximum atomic E-state index is 13.2. The zero-order chi connectivity index (χ0) is 16.9. The zero-order valence-electron chi connectivity index (χ0n) is 13.1. The van der Waals surface area contributed by atoms with Gasteiger partial charge in [-0.2, -0.15) is 10.3 Å². The zero-order valence-corrected chi connectivity index (χ0v) is 13.1. The van der Waals surface area contributed by atoms with Crippen molar-refractivity contribution in [2.45, 2.75) is 19.4 Å². The first kappa shape index (κ1) is 16.0. The minimum Gasteiger partial charge on any atom is -0.367 e. The first-order chi connectivity index (χ1) is 11.6. The number of alkyl halides is 2. The number of para-hydroxylation sites is 1. The Hall–Kier alpha value is -2.84. The molecule has 1 aromatic carbocycles. The Morgan fingerprint density at radius 3 is 2.71 bits per heavy atom. The highest BCUT2D eigenvalue weighted by molar-refractivity contribution is 5.47. The molecule has 24 heavy (non-hydrogen) atoms. The number of nitrogens with one attached hydrogen (secondary N) is 1. The predicted octanol–water partition coefficient (Wildman–Crippen LogP) is 2.12. The molecule has 126 valence electrons. The van der Waals surface area contributed by atoms with E-state index >= 15 is 0 Å². The number of hydrogen-bond acceptors (Lipinski definition) is 5. The summed E-state index contributed by atoms with van der Waals surface area (Å²) < 4.78 is 27.8. The third-order valence-electron chi connectivity index (χ3n) is 3.62. The Balaban J connectivity index is 1.82. The fraction of sp³-hybridized carbons (Fsp3) is 0.333. The fourth-order valence-electron chi connectivity index (χ4n) is 2.53. The second-order valence-corrected chi connectivity index (χ2v) is 5.35. The Morgan fingerprint density at radius 2 is 2.04 bits per heavy atom. The van der Waals surface area contributed by atoms with Crippen molar-refractivity contribution in [3.8, 4) is 0 Å². The second kappa shape index (κ2) is 7.16. The van der Waals surface area contributed by atoms with Gasteiger partial charge in [-0.05, 0) is 12.1 Å². The summed E-state index contributed by atoms with van der Waals surface area (Å²) in [6.07, 6.45) is -0.419. The van der Waals surface area contributed by atoms with Crippen LogP contribution in [0.5, 0.6) is 0 Å². The van der Waals surface area contributed by atoms with Crippen molar-refractivity contribution in [2.24, 2.45) is 7.05 Å². The molecule has 7 nitrogen and oxygen atoms in total. The Morgan fingerprint density at radius 1 is 1.25 bits per heavy atom. The van der Waals surface area contributed by atoms with Gasteiger partial charge in [0.05, 0.1) is 0 Å². The molecule has 0 bridgehead atoms. The van der Waals surface area contributed by atoms with Crippen molar-refractivity contribution in [2.75, 3.05) is 11.4 Å². The fourth-order valence-corrected chi connectivity index (χ4v) is 2.53. The summed E-state index contributed by atoms with van der Waals surface area (Å²) in [6.45, 7) is 0.899. The van der Waals surface area contributed by atoms with Crippen molar-refractivity contribution < 1.29 is 8.78 Å². The normalized spacial score (nSPS) is 11.2. The lowest BCUT2D eigenvalue weighted by Gasteiger charge is -2.24. The third kappa shape index (κ3) is 3.73. The van der Waals surface area contributed by atoms with E-state index in [1.54, 1.807) is 13.2 Å². The van der Waals surface area contributed by atoms with Crippen LogP contribution < -0.4 is 4.90 Å². The maximum absolute atomic E-state index is 13.2. The molecular weight excluding hydrogens is 316 g/mol. The number of aromatic amines is 1. The topological polar surface area (TPSA) is 75.5 Å².